The number of imidazole rings is 1. The largest absolute Gasteiger partial charge is 0.248 e. The molecule has 0 radical (unpaired) electrons. The molecular formula is C58H47N4+3. The molecule has 0 N–H and O–H groups in total. The average molecular weight is 800 g/mol. The minimum Gasteiger partial charge on any atom is -0.239 e. The van der Waals surface area contributed by atoms with Crippen LogP contribution in [0.1, 0.15) is 0 Å². The van der Waals surface area contributed by atoms with Gasteiger partial charge in [-0.15, -0.1) is 0 Å². The zero-order valence-corrected chi connectivity index (χ0v) is 35.2. The summed E-state index contributed by atoms with van der Waals surface area (Å²) in [6, 6.07) is 72.6. The monoisotopic (exact) mass is 799 g/mol. The Balaban J connectivity index is 1.13. The van der Waals surface area contributed by atoms with Crippen LogP contribution in [0.25, 0.3) is 95.0 Å². The zero-order chi connectivity index (χ0) is 42.0. The number of benzene rings is 7. The molecule has 10 rings (SSSR count). The van der Waals surface area contributed by atoms with Crippen molar-refractivity contribution in [3.05, 3.63) is 231 Å². The van der Waals surface area contributed by atoms with Crippen molar-refractivity contribution in [2.24, 2.45) is 21.1 Å². The third kappa shape index (κ3) is 7.55. The van der Waals surface area contributed by atoms with Gasteiger partial charge in [0.1, 0.15) is 32.2 Å². The topological polar surface area (TPSA) is 16.6 Å². The van der Waals surface area contributed by atoms with Gasteiger partial charge in [-0.3, -0.25) is 0 Å². The van der Waals surface area contributed by atoms with Crippen LogP contribution in [0.15, 0.2) is 231 Å². The maximum atomic E-state index is 2.38. The van der Waals surface area contributed by atoms with E-state index in [1.807, 2.05) is 7.05 Å². The van der Waals surface area contributed by atoms with Crippen molar-refractivity contribution in [1.29, 1.82) is 0 Å². The van der Waals surface area contributed by atoms with E-state index in [1.165, 1.54) is 61.5 Å². The number of aryl methyl sites for hydroxylation is 3. The highest BCUT2D eigenvalue weighted by Gasteiger charge is 2.20. The van der Waals surface area contributed by atoms with Gasteiger partial charge in [0.05, 0.1) is 7.05 Å². The second kappa shape index (κ2) is 16.6. The molecule has 3 heterocycles. The van der Waals surface area contributed by atoms with Crippen LogP contribution < -0.4 is 13.7 Å². The van der Waals surface area contributed by atoms with Crippen LogP contribution in [-0.4, -0.2) is 4.57 Å². The minimum absolute atomic E-state index is 1.12. The Hall–Kier alpha value is -7.95. The van der Waals surface area contributed by atoms with Crippen molar-refractivity contribution >= 4 is 0 Å². The van der Waals surface area contributed by atoms with Gasteiger partial charge in [0, 0.05) is 34.4 Å². The normalized spacial score (nSPS) is 11.1. The van der Waals surface area contributed by atoms with Crippen molar-refractivity contribution < 1.29 is 13.7 Å². The van der Waals surface area contributed by atoms with Gasteiger partial charge in [-0.25, -0.2) is 18.3 Å². The Kier molecular flexibility index (Phi) is 10.2. The summed E-state index contributed by atoms with van der Waals surface area (Å²) in [6.45, 7) is 0. The highest BCUT2D eigenvalue weighted by molar-refractivity contribution is 5.94. The molecule has 0 bridgehead atoms. The maximum Gasteiger partial charge on any atom is 0.248 e. The number of pyridine rings is 2. The lowest BCUT2D eigenvalue weighted by atomic mass is 9.86. The third-order valence-electron chi connectivity index (χ3n) is 11.9. The molecular weight excluding hydrogens is 753 g/mol. The Morgan fingerprint density at radius 2 is 0.677 bits per heavy atom. The van der Waals surface area contributed by atoms with E-state index in [0.717, 1.165) is 33.5 Å². The fourth-order valence-corrected chi connectivity index (χ4v) is 8.82. The van der Waals surface area contributed by atoms with Crippen LogP contribution in [0.2, 0.25) is 0 Å². The van der Waals surface area contributed by atoms with Crippen molar-refractivity contribution in [2.75, 3.05) is 0 Å². The first-order valence-electron chi connectivity index (χ1n) is 21.2. The molecule has 0 amide bonds. The molecule has 296 valence electrons. The van der Waals surface area contributed by atoms with E-state index in [9.17, 15) is 0 Å². The van der Waals surface area contributed by atoms with E-state index < -0.39 is 0 Å². The first-order valence-corrected chi connectivity index (χ1v) is 21.2. The summed E-state index contributed by atoms with van der Waals surface area (Å²) in [6.07, 6.45) is 10.7. The molecule has 3 aromatic heterocycles. The third-order valence-corrected chi connectivity index (χ3v) is 11.9. The summed E-state index contributed by atoms with van der Waals surface area (Å²) in [5, 5.41) is 0. The summed E-state index contributed by atoms with van der Waals surface area (Å²) in [5.41, 5.74) is 19.9. The van der Waals surface area contributed by atoms with Crippen molar-refractivity contribution in [2.45, 2.75) is 0 Å². The van der Waals surface area contributed by atoms with E-state index in [-0.39, 0.29) is 0 Å². The smallest absolute Gasteiger partial charge is 0.239 e. The second-order valence-electron chi connectivity index (χ2n) is 16.0. The highest BCUT2D eigenvalue weighted by atomic mass is 15.1. The molecule has 0 atom stereocenters. The minimum atomic E-state index is 1.12. The van der Waals surface area contributed by atoms with Gasteiger partial charge in [-0.05, 0) is 122 Å². The number of aromatic nitrogens is 4. The van der Waals surface area contributed by atoms with Crippen LogP contribution >= 0.6 is 0 Å². The molecule has 0 saturated heterocycles. The first kappa shape index (κ1) is 38.3. The van der Waals surface area contributed by atoms with Gasteiger partial charge in [0.2, 0.25) is 17.7 Å². The molecule has 10 aromatic rings. The summed E-state index contributed by atoms with van der Waals surface area (Å²) < 4.78 is 8.68. The Morgan fingerprint density at radius 1 is 0.323 bits per heavy atom. The Morgan fingerprint density at radius 3 is 1.05 bits per heavy atom. The second-order valence-corrected chi connectivity index (χ2v) is 16.0. The summed E-state index contributed by atoms with van der Waals surface area (Å²) in [5.74, 6) is 0. The van der Waals surface area contributed by atoms with E-state index >= 15 is 0 Å². The molecule has 0 fully saturated rings. The fourth-order valence-electron chi connectivity index (χ4n) is 8.82. The predicted molar refractivity (Wildman–Crippen MR) is 253 cm³/mol. The molecule has 0 spiro atoms. The van der Waals surface area contributed by atoms with Crippen LogP contribution in [0.3, 0.4) is 0 Å². The van der Waals surface area contributed by atoms with Gasteiger partial charge in [0.15, 0.2) is 12.4 Å². The summed E-state index contributed by atoms with van der Waals surface area (Å²) in [7, 11) is 6.32. The quantitative estimate of drug-likeness (QED) is 0.129. The molecule has 4 nitrogen and oxygen atoms in total. The maximum absolute atomic E-state index is 2.38. The van der Waals surface area contributed by atoms with Crippen LogP contribution in [-0.2, 0) is 21.1 Å². The SMILES string of the molecule is C[n+]1ccn(-c2ccc(-c3ccccc3-c3cc(-c4ccccc4-c4ccc(-c5ccccc5)[n+](C)c4)cc(-c4ccccc4-c4ccc(-c5ccccc5)[n+](C)c4)c3)cc2)c1. The average Bonchev–Trinajstić information content (AvgIpc) is 3.78. The lowest BCUT2D eigenvalue weighted by Crippen LogP contribution is -2.30. The number of rotatable bonds is 9. The van der Waals surface area contributed by atoms with Gasteiger partial charge in [0.25, 0.3) is 0 Å². The van der Waals surface area contributed by atoms with E-state index in [2.05, 4.69) is 264 Å². The summed E-state index contributed by atoms with van der Waals surface area (Å²) >= 11 is 0. The molecule has 0 aliphatic rings. The molecule has 4 heteroatoms. The van der Waals surface area contributed by atoms with Gasteiger partial charge in [-0.1, -0.05) is 121 Å². The number of nitrogens with zero attached hydrogens (tertiary/aromatic N) is 4. The number of hydrogen-bond donors (Lipinski definition) is 0. The lowest BCUT2D eigenvalue weighted by molar-refractivity contribution is -0.670. The first-order chi connectivity index (χ1) is 30.5. The van der Waals surface area contributed by atoms with Crippen LogP contribution in [0, 0.1) is 0 Å². The molecule has 0 aliphatic heterocycles. The van der Waals surface area contributed by atoms with E-state index in [4.69, 9.17) is 0 Å². The van der Waals surface area contributed by atoms with Crippen molar-refractivity contribution in [3.8, 4) is 95.0 Å². The van der Waals surface area contributed by atoms with Crippen LogP contribution in [0.5, 0.6) is 0 Å². The predicted octanol–water partition coefficient (Wildman–Crippen LogP) is 12.3. The molecule has 62 heavy (non-hydrogen) atoms. The molecule has 0 aliphatic carbocycles. The standard InChI is InChI=1S/C58H47N4/c1-59-34-35-62(41-59)50-30-26-42(27-31-50)51-20-10-13-23-54(51)47-36-48(55-24-14-11-21-52(55)45-28-32-57(60(2)39-45)43-16-6-4-7-17-43)38-49(37-47)56-25-15-12-22-53(56)46-29-33-58(61(3)40-46)44-18-8-5-9-19-44/h4-41H,1-3H3/q+3. The van der Waals surface area contributed by atoms with Crippen molar-refractivity contribution in [1.82, 2.24) is 4.57 Å². The number of hydrogen-bond acceptors (Lipinski definition) is 0. The zero-order valence-electron chi connectivity index (χ0n) is 35.2. The summed E-state index contributed by atoms with van der Waals surface area (Å²) in [4.78, 5) is 0. The highest BCUT2D eigenvalue weighted by Crippen LogP contribution is 2.42. The van der Waals surface area contributed by atoms with E-state index in [1.54, 1.807) is 0 Å². The fraction of sp³-hybridized carbons (Fsp3) is 0.0517. The van der Waals surface area contributed by atoms with Crippen molar-refractivity contribution in [3.63, 3.8) is 0 Å². The molecule has 0 unspecified atom stereocenters. The lowest BCUT2D eigenvalue weighted by Gasteiger charge is -2.17. The molecule has 7 aromatic carbocycles. The molecule has 0 saturated carbocycles. The Labute approximate surface area is 364 Å². The van der Waals surface area contributed by atoms with Gasteiger partial charge < -0.3 is 0 Å². The Bertz CT molecular complexity index is 3050. The van der Waals surface area contributed by atoms with Gasteiger partial charge in [-0.2, -0.15) is 0 Å². The van der Waals surface area contributed by atoms with E-state index in [0.29, 0.717) is 0 Å². The van der Waals surface area contributed by atoms with Crippen LogP contribution in [0.4, 0.5) is 0 Å². The van der Waals surface area contributed by atoms with Gasteiger partial charge >= 0.3 is 0 Å².